The minimum absolute atomic E-state index is 0.540. The van der Waals surface area contributed by atoms with Crippen molar-refractivity contribution in [1.29, 1.82) is 0 Å². The monoisotopic (exact) mass is 315 g/mol. The zero-order valence-electron chi connectivity index (χ0n) is 11.8. The average molecular weight is 316 g/mol. The van der Waals surface area contributed by atoms with E-state index in [4.69, 9.17) is 16.3 Å². The van der Waals surface area contributed by atoms with Crippen LogP contribution >= 0.6 is 11.6 Å². The molecule has 0 aliphatic heterocycles. The van der Waals surface area contributed by atoms with Gasteiger partial charge in [0.25, 0.3) is 0 Å². The van der Waals surface area contributed by atoms with Crippen LogP contribution in [0.1, 0.15) is 17.2 Å². The molecule has 0 radical (unpaired) electrons. The number of nitrogens with zero attached hydrogens (tertiary/aromatic N) is 3. The summed E-state index contributed by atoms with van der Waals surface area (Å²) < 4.78 is 7.06. The Morgan fingerprint density at radius 2 is 2.14 bits per heavy atom. The van der Waals surface area contributed by atoms with Crippen LogP contribution in [0.15, 0.2) is 55.2 Å². The number of benzene rings is 1. The van der Waals surface area contributed by atoms with Crippen molar-refractivity contribution in [1.82, 2.24) is 14.5 Å². The predicted octanol–water partition coefficient (Wildman–Crippen LogP) is 3.01. The molecule has 0 saturated carbocycles. The van der Waals surface area contributed by atoms with Crippen molar-refractivity contribution in [3.63, 3.8) is 0 Å². The van der Waals surface area contributed by atoms with Crippen molar-refractivity contribution in [2.24, 2.45) is 0 Å². The largest absolute Gasteiger partial charge is 0.496 e. The Labute approximate surface area is 132 Å². The minimum Gasteiger partial charge on any atom is -0.496 e. The van der Waals surface area contributed by atoms with Crippen molar-refractivity contribution in [3.05, 3.63) is 71.4 Å². The summed E-state index contributed by atoms with van der Waals surface area (Å²) in [5.74, 6) is 1.31. The van der Waals surface area contributed by atoms with E-state index in [9.17, 15) is 5.11 Å². The summed E-state index contributed by atoms with van der Waals surface area (Å²) in [4.78, 5) is 8.31. The van der Waals surface area contributed by atoms with E-state index in [0.29, 0.717) is 21.9 Å². The first-order valence-corrected chi connectivity index (χ1v) is 7.02. The van der Waals surface area contributed by atoms with Crippen LogP contribution < -0.4 is 4.74 Å². The molecule has 22 heavy (non-hydrogen) atoms. The fourth-order valence-electron chi connectivity index (χ4n) is 2.21. The normalized spacial score (nSPS) is 12.1. The van der Waals surface area contributed by atoms with Crippen LogP contribution in [0.4, 0.5) is 0 Å². The van der Waals surface area contributed by atoms with Crippen LogP contribution in [0.5, 0.6) is 5.75 Å². The van der Waals surface area contributed by atoms with Gasteiger partial charge in [0.15, 0.2) is 0 Å². The van der Waals surface area contributed by atoms with E-state index in [-0.39, 0.29) is 0 Å². The Morgan fingerprint density at radius 3 is 2.77 bits per heavy atom. The molecule has 3 aromatic rings. The first-order chi connectivity index (χ1) is 10.7. The van der Waals surface area contributed by atoms with E-state index >= 15 is 0 Å². The minimum atomic E-state index is -0.863. The summed E-state index contributed by atoms with van der Waals surface area (Å²) in [6.07, 6.45) is 5.91. The summed E-state index contributed by atoms with van der Waals surface area (Å²) in [5, 5.41) is 11.1. The fraction of sp³-hybridized carbons (Fsp3) is 0.125. The number of halogens is 1. The molecule has 1 aromatic carbocycles. The second-order valence-electron chi connectivity index (χ2n) is 4.71. The summed E-state index contributed by atoms with van der Waals surface area (Å²) >= 11 is 6.01. The van der Waals surface area contributed by atoms with Gasteiger partial charge in [-0.3, -0.25) is 4.57 Å². The fourth-order valence-corrected chi connectivity index (χ4v) is 2.39. The molecule has 0 fully saturated rings. The highest BCUT2D eigenvalue weighted by molar-refractivity contribution is 6.30. The number of ether oxygens (including phenoxy) is 1. The van der Waals surface area contributed by atoms with E-state index in [2.05, 4.69) is 9.97 Å². The summed E-state index contributed by atoms with van der Waals surface area (Å²) in [6.45, 7) is 0. The molecule has 1 unspecified atom stereocenters. The SMILES string of the molecule is COc1ccc(Cl)cc1C(O)c1ccc(-n2ccnc2)nc1. The van der Waals surface area contributed by atoms with Gasteiger partial charge in [0.05, 0.1) is 7.11 Å². The van der Waals surface area contributed by atoms with Crippen LogP contribution in [0.3, 0.4) is 0 Å². The van der Waals surface area contributed by atoms with Crippen LogP contribution in [0, 0.1) is 0 Å². The molecule has 112 valence electrons. The van der Waals surface area contributed by atoms with Crippen molar-refractivity contribution in [2.75, 3.05) is 7.11 Å². The average Bonchev–Trinajstić information content (AvgIpc) is 3.09. The number of hydrogen-bond acceptors (Lipinski definition) is 4. The van der Waals surface area contributed by atoms with Crippen molar-refractivity contribution in [3.8, 4) is 11.6 Å². The first kappa shape index (κ1) is 14.6. The third kappa shape index (κ3) is 2.81. The lowest BCUT2D eigenvalue weighted by Crippen LogP contribution is -2.04. The number of imidazole rings is 1. The van der Waals surface area contributed by atoms with Crippen LogP contribution in [-0.2, 0) is 0 Å². The highest BCUT2D eigenvalue weighted by atomic mass is 35.5. The summed E-state index contributed by atoms with van der Waals surface area (Å²) in [7, 11) is 1.56. The van der Waals surface area contributed by atoms with Gasteiger partial charge >= 0.3 is 0 Å². The van der Waals surface area contributed by atoms with Gasteiger partial charge in [-0.2, -0.15) is 0 Å². The van der Waals surface area contributed by atoms with E-state index in [1.807, 2.05) is 12.1 Å². The molecule has 1 N–H and O–H groups in total. The molecule has 3 rings (SSSR count). The van der Waals surface area contributed by atoms with Gasteiger partial charge in [0, 0.05) is 34.7 Å². The molecule has 0 bridgehead atoms. The number of rotatable bonds is 4. The van der Waals surface area contributed by atoms with E-state index < -0.39 is 6.10 Å². The van der Waals surface area contributed by atoms with Gasteiger partial charge in [-0.15, -0.1) is 0 Å². The van der Waals surface area contributed by atoms with Gasteiger partial charge in [0.1, 0.15) is 24.0 Å². The third-order valence-corrected chi connectivity index (χ3v) is 3.58. The maximum Gasteiger partial charge on any atom is 0.137 e. The highest BCUT2D eigenvalue weighted by Gasteiger charge is 2.16. The van der Waals surface area contributed by atoms with Gasteiger partial charge in [-0.1, -0.05) is 17.7 Å². The van der Waals surface area contributed by atoms with Gasteiger partial charge in [-0.25, -0.2) is 9.97 Å². The zero-order valence-corrected chi connectivity index (χ0v) is 12.6. The Balaban J connectivity index is 1.92. The van der Waals surface area contributed by atoms with E-state index in [1.165, 1.54) is 0 Å². The molecule has 2 heterocycles. The van der Waals surface area contributed by atoms with Crippen LogP contribution in [0.2, 0.25) is 5.02 Å². The molecule has 2 aromatic heterocycles. The van der Waals surface area contributed by atoms with Crippen LogP contribution in [0.25, 0.3) is 5.82 Å². The van der Waals surface area contributed by atoms with Gasteiger partial charge in [-0.05, 0) is 24.3 Å². The number of pyridine rings is 1. The Hall–Kier alpha value is -2.37. The Morgan fingerprint density at radius 1 is 1.27 bits per heavy atom. The molecular weight excluding hydrogens is 302 g/mol. The predicted molar refractivity (Wildman–Crippen MR) is 83.4 cm³/mol. The molecule has 6 heteroatoms. The quantitative estimate of drug-likeness (QED) is 0.804. The molecule has 1 atom stereocenters. The molecule has 0 aliphatic rings. The number of methoxy groups -OCH3 is 1. The van der Waals surface area contributed by atoms with Crippen LogP contribution in [-0.4, -0.2) is 26.8 Å². The topological polar surface area (TPSA) is 60.2 Å². The smallest absolute Gasteiger partial charge is 0.137 e. The second kappa shape index (κ2) is 6.17. The van der Waals surface area contributed by atoms with Crippen molar-refractivity contribution < 1.29 is 9.84 Å². The van der Waals surface area contributed by atoms with Gasteiger partial charge in [0.2, 0.25) is 0 Å². The third-order valence-electron chi connectivity index (χ3n) is 3.34. The standard InChI is InChI=1S/C16H14ClN3O2/c1-22-14-4-3-12(17)8-13(14)16(21)11-2-5-15(19-9-11)20-7-6-18-10-20/h2-10,16,21H,1H3. The second-order valence-corrected chi connectivity index (χ2v) is 5.14. The Kier molecular flexibility index (Phi) is 4.09. The number of hydrogen-bond donors (Lipinski definition) is 1. The lowest BCUT2D eigenvalue weighted by Gasteiger charge is -2.15. The lowest BCUT2D eigenvalue weighted by atomic mass is 10.0. The number of aromatic nitrogens is 3. The van der Waals surface area contributed by atoms with Crippen molar-refractivity contribution in [2.45, 2.75) is 6.10 Å². The van der Waals surface area contributed by atoms with E-state index in [1.54, 1.807) is 54.8 Å². The van der Waals surface area contributed by atoms with Gasteiger partial charge < -0.3 is 9.84 Å². The molecular formula is C16H14ClN3O2. The lowest BCUT2D eigenvalue weighted by molar-refractivity contribution is 0.214. The molecule has 5 nitrogen and oxygen atoms in total. The number of aliphatic hydroxyl groups is 1. The summed E-state index contributed by atoms with van der Waals surface area (Å²) in [5.41, 5.74) is 1.26. The van der Waals surface area contributed by atoms with E-state index in [0.717, 1.165) is 5.82 Å². The highest BCUT2D eigenvalue weighted by Crippen LogP contribution is 2.32. The summed E-state index contributed by atoms with van der Waals surface area (Å²) in [6, 6.07) is 8.77. The van der Waals surface area contributed by atoms with Crippen molar-refractivity contribution >= 4 is 11.6 Å². The molecule has 0 saturated heterocycles. The zero-order chi connectivity index (χ0) is 15.5. The maximum atomic E-state index is 10.6. The maximum absolute atomic E-state index is 10.6. The molecule has 0 amide bonds. The molecule has 0 aliphatic carbocycles. The first-order valence-electron chi connectivity index (χ1n) is 6.65. The number of aliphatic hydroxyl groups excluding tert-OH is 1. The molecule has 0 spiro atoms. The Bertz CT molecular complexity index is 758.